The van der Waals surface area contributed by atoms with Gasteiger partial charge in [-0.2, -0.15) is 0 Å². The number of hydrogen-bond acceptors (Lipinski definition) is 2. The summed E-state index contributed by atoms with van der Waals surface area (Å²) in [4.78, 5) is 4.07. The molecule has 2 atom stereocenters. The van der Waals surface area contributed by atoms with E-state index in [0.717, 1.165) is 31.0 Å². The van der Waals surface area contributed by atoms with Gasteiger partial charge in [-0.1, -0.05) is 12.8 Å². The van der Waals surface area contributed by atoms with E-state index in [0.29, 0.717) is 0 Å². The first-order valence-electron chi connectivity index (χ1n) is 7.11. The van der Waals surface area contributed by atoms with Gasteiger partial charge in [-0.05, 0) is 37.5 Å². The normalized spacial score (nSPS) is 29.4. The number of rotatable bonds is 5. The Hall–Kier alpha value is -0.830. The lowest BCUT2D eigenvalue weighted by molar-refractivity contribution is 0.260. The lowest BCUT2D eigenvalue weighted by Gasteiger charge is -2.30. The average molecular weight is 233 g/mol. The molecule has 1 aromatic heterocycles. The number of imidazole rings is 1. The van der Waals surface area contributed by atoms with Crippen LogP contribution >= 0.6 is 0 Å². The molecule has 3 heteroatoms. The Morgan fingerprint density at radius 1 is 1.18 bits per heavy atom. The molecule has 0 spiro atoms. The van der Waals surface area contributed by atoms with Crippen LogP contribution in [-0.4, -0.2) is 22.1 Å². The average Bonchev–Trinajstić information content (AvgIpc) is 3.09. The third-order valence-corrected chi connectivity index (χ3v) is 4.37. The SMILES string of the molecule is c1cn(CCNC2CCCC(C3CC3)C2)cn1. The molecule has 0 saturated heterocycles. The molecule has 2 aliphatic rings. The van der Waals surface area contributed by atoms with Crippen molar-refractivity contribution in [2.45, 2.75) is 51.1 Å². The molecule has 1 aromatic rings. The van der Waals surface area contributed by atoms with Gasteiger partial charge in [-0.15, -0.1) is 0 Å². The lowest BCUT2D eigenvalue weighted by atomic mass is 9.83. The summed E-state index contributed by atoms with van der Waals surface area (Å²) in [6, 6.07) is 0.776. The van der Waals surface area contributed by atoms with Crippen molar-refractivity contribution in [3.05, 3.63) is 18.7 Å². The molecule has 3 rings (SSSR count). The van der Waals surface area contributed by atoms with Crippen LogP contribution in [0.4, 0.5) is 0 Å². The maximum atomic E-state index is 4.07. The molecule has 0 aromatic carbocycles. The molecule has 1 heterocycles. The van der Waals surface area contributed by atoms with Gasteiger partial charge in [-0.3, -0.25) is 0 Å². The van der Waals surface area contributed by atoms with E-state index in [1.54, 1.807) is 0 Å². The maximum Gasteiger partial charge on any atom is 0.0946 e. The third kappa shape index (κ3) is 3.09. The van der Waals surface area contributed by atoms with Crippen molar-refractivity contribution in [1.29, 1.82) is 0 Å². The Labute approximate surface area is 104 Å². The zero-order chi connectivity index (χ0) is 11.5. The van der Waals surface area contributed by atoms with E-state index in [2.05, 4.69) is 14.9 Å². The Morgan fingerprint density at radius 2 is 2.12 bits per heavy atom. The molecule has 2 fully saturated rings. The number of nitrogens with one attached hydrogen (secondary N) is 1. The van der Waals surface area contributed by atoms with Crippen molar-refractivity contribution in [2.75, 3.05) is 6.54 Å². The fraction of sp³-hybridized carbons (Fsp3) is 0.786. The summed E-state index contributed by atoms with van der Waals surface area (Å²) in [5, 5.41) is 3.72. The van der Waals surface area contributed by atoms with E-state index in [4.69, 9.17) is 0 Å². The van der Waals surface area contributed by atoms with Crippen LogP contribution in [0.5, 0.6) is 0 Å². The molecule has 2 aliphatic carbocycles. The van der Waals surface area contributed by atoms with Crippen LogP contribution in [0.3, 0.4) is 0 Å². The number of hydrogen-bond donors (Lipinski definition) is 1. The van der Waals surface area contributed by atoms with E-state index in [1.165, 1.54) is 38.5 Å². The first-order chi connectivity index (χ1) is 8.42. The van der Waals surface area contributed by atoms with Crippen LogP contribution in [0.15, 0.2) is 18.7 Å². The second-order valence-corrected chi connectivity index (χ2v) is 5.72. The van der Waals surface area contributed by atoms with Crippen molar-refractivity contribution in [1.82, 2.24) is 14.9 Å². The molecule has 0 bridgehead atoms. The van der Waals surface area contributed by atoms with Crippen molar-refractivity contribution < 1.29 is 0 Å². The van der Waals surface area contributed by atoms with Crippen LogP contribution < -0.4 is 5.32 Å². The van der Waals surface area contributed by atoms with E-state index >= 15 is 0 Å². The minimum absolute atomic E-state index is 0.776. The fourth-order valence-electron chi connectivity index (χ4n) is 3.23. The summed E-state index contributed by atoms with van der Waals surface area (Å²) in [6.45, 7) is 2.13. The smallest absolute Gasteiger partial charge is 0.0946 e. The predicted molar refractivity (Wildman–Crippen MR) is 68.7 cm³/mol. The van der Waals surface area contributed by atoms with Gasteiger partial charge >= 0.3 is 0 Å². The zero-order valence-corrected chi connectivity index (χ0v) is 10.5. The second-order valence-electron chi connectivity index (χ2n) is 5.72. The summed E-state index contributed by atoms with van der Waals surface area (Å²) in [5.41, 5.74) is 0. The van der Waals surface area contributed by atoms with Gasteiger partial charge < -0.3 is 9.88 Å². The fourth-order valence-corrected chi connectivity index (χ4v) is 3.23. The van der Waals surface area contributed by atoms with Crippen LogP contribution in [0.1, 0.15) is 38.5 Å². The molecule has 1 N–H and O–H groups in total. The Morgan fingerprint density at radius 3 is 2.88 bits per heavy atom. The largest absolute Gasteiger partial charge is 0.336 e. The van der Waals surface area contributed by atoms with Crippen molar-refractivity contribution in [2.24, 2.45) is 11.8 Å². The lowest BCUT2D eigenvalue weighted by Crippen LogP contribution is -2.36. The molecule has 17 heavy (non-hydrogen) atoms. The van der Waals surface area contributed by atoms with Gasteiger partial charge in [0.15, 0.2) is 0 Å². The van der Waals surface area contributed by atoms with E-state index in [-0.39, 0.29) is 0 Å². The Bertz CT molecular complexity index is 329. The highest BCUT2D eigenvalue weighted by molar-refractivity contribution is 4.88. The zero-order valence-electron chi connectivity index (χ0n) is 10.5. The van der Waals surface area contributed by atoms with Crippen molar-refractivity contribution in [3.8, 4) is 0 Å². The summed E-state index contributed by atoms with van der Waals surface area (Å²) < 4.78 is 2.15. The molecular weight excluding hydrogens is 210 g/mol. The Kier molecular flexibility index (Phi) is 3.46. The minimum atomic E-state index is 0.776. The topological polar surface area (TPSA) is 29.9 Å². The highest BCUT2D eigenvalue weighted by atomic mass is 15.0. The maximum absolute atomic E-state index is 4.07. The highest BCUT2D eigenvalue weighted by Crippen LogP contribution is 2.43. The summed E-state index contributed by atoms with van der Waals surface area (Å²) in [5.74, 6) is 2.13. The highest BCUT2D eigenvalue weighted by Gasteiger charge is 2.34. The molecule has 0 radical (unpaired) electrons. The first kappa shape index (κ1) is 11.3. The minimum Gasteiger partial charge on any atom is -0.336 e. The van der Waals surface area contributed by atoms with Crippen LogP contribution in [0, 0.1) is 11.8 Å². The molecule has 0 aliphatic heterocycles. The summed E-state index contributed by atoms with van der Waals surface area (Å²) in [7, 11) is 0. The van der Waals surface area contributed by atoms with Crippen molar-refractivity contribution in [3.63, 3.8) is 0 Å². The van der Waals surface area contributed by atoms with Gasteiger partial charge in [0.25, 0.3) is 0 Å². The molecule has 94 valence electrons. The second kappa shape index (κ2) is 5.21. The molecule has 2 unspecified atom stereocenters. The molecule has 0 amide bonds. The van der Waals surface area contributed by atoms with E-state index in [1.807, 2.05) is 18.7 Å². The summed E-state index contributed by atoms with van der Waals surface area (Å²) in [6.07, 6.45) is 14.5. The van der Waals surface area contributed by atoms with Crippen molar-refractivity contribution >= 4 is 0 Å². The van der Waals surface area contributed by atoms with Gasteiger partial charge in [0.1, 0.15) is 0 Å². The number of aromatic nitrogens is 2. The standard InChI is InChI=1S/C14H23N3/c1-2-13(12-4-5-12)10-14(3-1)16-7-9-17-8-6-15-11-17/h6,8,11-14,16H,1-5,7,9-10H2. The molecule has 3 nitrogen and oxygen atoms in total. The predicted octanol–water partition coefficient (Wildman–Crippen LogP) is 2.44. The van der Waals surface area contributed by atoms with E-state index in [9.17, 15) is 0 Å². The van der Waals surface area contributed by atoms with Crippen LogP contribution in [0.25, 0.3) is 0 Å². The Balaban J connectivity index is 1.39. The van der Waals surface area contributed by atoms with E-state index < -0.39 is 0 Å². The first-order valence-corrected chi connectivity index (χ1v) is 7.11. The molecule has 2 saturated carbocycles. The third-order valence-electron chi connectivity index (χ3n) is 4.37. The van der Waals surface area contributed by atoms with Gasteiger partial charge in [0.05, 0.1) is 6.33 Å². The molecular formula is C14H23N3. The van der Waals surface area contributed by atoms with Gasteiger partial charge in [-0.25, -0.2) is 4.98 Å². The quantitative estimate of drug-likeness (QED) is 0.846. The van der Waals surface area contributed by atoms with Crippen LogP contribution in [0.2, 0.25) is 0 Å². The summed E-state index contributed by atoms with van der Waals surface area (Å²) >= 11 is 0. The monoisotopic (exact) mass is 233 g/mol. The number of nitrogens with zero attached hydrogens (tertiary/aromatic N) is 2. The van der Waals surface area contributed by atoms with Gasteiger partial charge in [0.2, 0.25) is 0 Å². The van der Waals surface area contributed by atoms with Gasteiger partial charge in [0, 0.05) is 31.5 Å². The van der Waals surface area contributed by atoms with Crippen LogP contribution in [-0.2, 0) is 6.54 Å².